The van der Waals surface area contributed by atoms with E-state index in [1.54, 1.807) is 29.2 Å². The van der Waals surface area contributed by atoms with Crippen molar-refractivity contribution in [2.24, 2.45) is 0 Å². The lowest BCUT2D eigenvalue weighted by atomic mass is 10.2. The zero-order chi connectivity index (χ0) is 37.4. The molecule has 2 aromatic heterocycles. The molecule has 19 nitrogen and oxygen atoms in total. The summed E-state index contributed by atoms with van der Waals surface area (Å²) in [7, 11) is -3.05. The van der Waals surface area contributed by atoms with E-state index in [2.05, 4.69) is 0 Å². The molecule has 0 saturated carbocycles. The molecule has 2 aliphatic rings. The first-order chi connectivity index (χ1) is 24.0. The Kier molecular flexibility index (Phi) is 10.5. The number of amides is 1. The van der Waals surface area contributed by atoms with Crippen molar-refractivity contribution in [3.8, 4) is 5.75 Å². The highest BCUT2D eigenvalue weighted by atomic mass is 32.2. The second-order valence-electron chi connectivity index (χ2n) is 10.4. The molecule has 5 rings (SSSR count). The Morgan fingerprint density at radius 2 is 1.53 bits per heavy atom. The number of carboxylic acids is 3. The van der Waals surface area contributed by atoms with Crippen LogP contribution in [0.1, 0.15) is 6.42 Å². The standard InChI is InChI=1S/C28H24N4O15S4/c1-45-15(25-29(7-4-8-51(42,43)44)13-5-2-3-6-14(13)46-25)9-16-22(39)30(10-17(33)34)27(49-16)21-24(41)31(11-18(35)36)26(50-21)20-23(40)32(12-19(37)38)28(48)47-20/h2-3,5-6,9H,4,7-8,10-12H2,1H3,(H,33,34)(H,35,36)(H,37,38)(H,42,43,44)/b16-9?,25-15-,26-20+,27-21+. The number of aliphatic carboxylic acids is 3. The van der Waals surface area contributed by atoms with Gasteiger partial charge in [0.2, 0.25) is 11.6 Å². The Morgan fingerprint density at radius 3 is 2.14 bits per heavy atom. The van der Waals surface area contributed by atoms with Crippen molar-refractivity contribution in [1.82, 2.24) is 14.0 Å². The molecule has 1 fully saturated rings. The maximum Gasteiger partial charge on any atom is 0.323 e. The van der Waals surface area contributed by atoms with Gasteiger partial charge in [0.15, 0.2) is 11.5 Å². The van der Waals surface area contributed by atoms with Crippen molar-refractivity contribution in [3.05, 3.63) is 75.0 Å². The molecule has 0 spiro atoms. The van der Waals surface area contributed by atoms with Gasteiger partial charge in [-0.25, -0.2) is 0 Å². The van der Waals surface area contributed by atoms with Gasteiger partial charge in [0.1, 0.15) is 33.5 Å². The smallest absolute Gasteiger partial charge is 0.323 e. The number of thiocarbonyl (C=S) groups is 1. The number of rotatable bonds is 12. The highest BCUT2D eigenvalue weighted by Crippen LogP contribution is 2.40. The number of benzene rings is 1. The van der Waals surface area contributed by atoms with Gasteiger partial charge >= 0.3 is 23.8 Å². The lowest BCUT2D eigenvalue weighted by Gasteiger charge is -2.19. The van der Waals surface area contributed by atoms with Crippen LogP contribution in [0.2, 0.25) is 0 Å². The van der Waals surface area contributed by atoms with E-state index in [1.807, 2.05) is 0 Å². The molecular formula is C28H24N4O15S4. The Hall–Kier alpha value is -5.36. The molecule has 3 aromatic rings. The minimum absolute atomic E-state index is 0.0137. The lowest BCUT2D eigenvalue weighted by molar-refractivity contribution is -0.140. The summed E-state index contributed by atoms with van der Waals surface area (Å²) in [5.74, 6) is -6.43. The first-order valence-corrected chi connectivity index (χ1v) is 17.8. The maximum absolute atomic E-state index is 13.7. The van der Waals surface area contributed by atoms with Crippen molar-refractivity contribution < 1.29 is 61.7 Å². The number of anilines is 1. The van der Waals surface area contributed by atoms with Gasteiger partial charge in [-0.1, -0.05) is 12.1 Å². The predicted octanol–water partition coefficient (Wildman–Crippen LogP) is -1.30. The molecule has 1 amide bonds. The number of ether oxygens (including phenoxy) is 3. The highest BCUT2D eigenvalue weighted by Gasteiger charge is 2.37. The fourth-order valence-corrected chi connectivity index (χ4v) is 7.98. The monoisotopic (exact) mass is 784 g/mol. The van der Waals surface area contributed by atoms with Crippen molar-refractivity contribution >= 4 is 91.5 Å². The van der Waals surface area contributed by atoms with Crippen LogP contribution in [0, 0.1) is 9.20 Å². The van der Waals surface area contributed by atoms with Crippen molar-refractivity contribution in [2.75, 3.05) is 30.9 Å². The fourth-order valence-electron chi connectivity index (χ4n) is 4.93. The molecule has 0 radical (unpaired) electrons. The minimum atomic E-state index is -4.29. The zero-order valence-corrected chi connectivity index (χ0v) is 29.1. The normalized spacial score (nSPS) is 17.3. The first-order valence-electron chi connectivity index (χ1n) is 14.2. The van der Waals surface area contributed by atoms with Crippen LogP contribution in [0.25, 0.3) is 11.8 Å². The van der Waals surface area contributed by atoms with Gasteiger partial charge in [0.05, 0.1) is 23.1 Å². The summed E-state index contributed by atoms with van der Waals surface area (Å²) < 4.78 is 49.0. The van der Waals surface area contributed by atoms with E-state index in [9.17, 15) is 52.0 Å². The summed E-state index contributed by atoms with van der Waals surface area (Å²) in [5.41, 5.74) is -1.44. The molecule has 23 heteroatoms. The average molecular weight is 785 g/mol. The fraction of sp³-hybridized carbons (Fsp3) is 0.250. The van der Waals surface area contributed by atoms with E-state index in [0.29, 0.717) is 43.6 Å². The summed E-state index contributed by atoms with van der Waals surface area (Å²) in [4.78, 5) is 77.5. The molecule has 4 heterocycles. The number of carbonyl (C=O) groups is 4. The molecule has 1 saturated heterocycles. The van der Waals surface area contributed by atoms with E-state index < -0.39 is 81.4 Å². The molecule has 2 aliphatic heterocycles. The third-order valence-electron chi connectivity index (χ3n) is 6.99. The van der Waals surface area contributed by atoms with E-state index in [4.69, 9.17) is 31.5 Å². The molecule has 51 heavy (non-hydrogen) atoms. The molecule has 0 bridgehead atoms. The molecule has 4 N–H and O–H groups in total. The number of para-hydroxylation sites is 2. The number of carbonyl (C=O) groups excluding carboxylic acids is 1. The van der Waals surface area contributed by atoms with Crippen molar-refractivity contribution in [2.45, 2.75) is 19.5 Å². The molecule has 0 unspecified atom stereocenters. The molecule has 0 aliphatic carbocycles. The van der Waals surface area contributed by atoms with E-state index in [-0.39, 0.29) is 43.0 Å². The van der Waals surface area contributed by atoms with Crippen LogP contribution in [0.15, 0.2) is 45.5 Å². The molecule has 270 valence electrons. The second-order valence-corrected chi connectivity index (χ2v) is 14.4. The maximum atomic E-state index is 13.7. The summed E-state index contributed by atoms with van der Waals surface area (Å²) in [6.07, 6.45) is 1.16. The number of methoxy groups -OCH3 is 1. The SMILES string of the molecule is CO/C(C=c1s/c(=c2/s/c(=C3/OC(=S)N(CC(=O)O)C3=O)n(CC(=O)O)c2=O)n(CC(=O)O)c1=O)=C1\Oc2ccccc2N1CCCS(=O)(=O)O. The van der Waals surface area contributed by atoms with Gasteiger partial charge in [-0.3, -0.25) is 47.4 Å². The van der Waals surface area contributed by atoms with Gasteiger partial charge in [-0.2, -0.15) is 8.42 Å². The van der Waals surface area contributed by atoms with Crippen molar-refractivity contribution in [1.29, 1.82) is 0 Å². The lowest BCUT2D eigenvalue weighted by Crippen LogP contribution is -2.35. The Balaban J connectivity index is 1.78. The number of nitrogens with zero attached hydrogens (tertiary/aromatic N) is 4. The Labute approximate surface area is 297 Å². The van der Waals surface area contributed by atoms with Crippen LogP contribution in [0.4, 0.5) is 5.69 Å². The van der Waals surface area contributed by atoms with Crippen molar-refractivity contribution in [3.63, 3.8) is 0 Å². The summed E-state index contributed by atoms with van der Waals surface area (Å²) >= 11 is 6.07. The number of carboxylic acid groups (broad SMARTS) is 3. The number of allylic oxidation sites excluding steroid dienone is 1. The van der Waals surface area contributed by atoms with Gasteiger partial charge in [-0.15, -0.1) is 22.7 Å². The van der Waals surface area contributed by atoms with Crippen LogP contribution in [0.5, 0.6) is 5.75 Å². The average Bonchev–Trinajstić information content (AvgIpc) is 3.73. The largest absolute Gasteiger partial charge is 0.491 e. The third-order valence-corrected chi connectivity index (χ3v) is 10.5. The van der Waals surface area contributed by atoms with Crippen LogP contribution in [0.3, 0.4) is 0 Å². The van der Waals surface area contributed by atoms with Gasteiger partial charge < -0.3 is 34.4 Å². The van der Waals surface area contributed by atoms with Gasteiger partial charge in [0, 0.05) is 12.6 Å². The Morgan fingerprint density at radius 1 is 0.902 bits per heavy atom. The summed E-state index contributed by atoms with van der Waals surface area (Å²) in [6, 6.07) is 6.67. The van der Waals surface area contributed by atoms with E-state index in [0.717, 1.165) is 4.57 Å². The molecular weight excluding hydrogens is 761 g/mol. The van der Waals surface area contributed by atoms with Gasteiger partial charge in [-0.05, 0) is 30.8 Å². The predicted molar refractivity (Wildman–Crippen MR) is 180 cm³/mol. The first kappa shape index (κ1) is 36.9. The number of hydrogen-bond donors (Lipinski definition) is 4. The summed E-state index contributed by atoms with van der Waals surface area (Å²) in [5, 5.41) is 27.8. The highest BCUT2D eigenvalue weighted by molar-refractivity contribution is 7.85. The van der Waals surface area contributed by atoms with Crippen LogP contribution in [-0.4, -0.2) is 97.3 Å². The minimum Gasteiger partial charge on any atom is -0.491 e. The number of hydrogen-bond acceptors (Lipinski definition) is 15. The second kappa shape index (κ2) is 14.5. The van der Waals surface area contributed by atoms with Crippen LogP contribution in [-0.2, 0) is 51.9 Å². The van der Waals surface area contributed by atoms with E-state index in [1.165, 1.54) is 13.2 Å². The number of aromatic nitrogens is 2. The topological polar surface area (TPSA) is 262 Å². The van der Waals surface area contributed by atoms with E-state index >= 15 is 0 Å². The number of fused-ring (bicyclic) bond motifs is 1. The molecule has 1 aromatic carbocycles. The Bertz CT molecular complexity index is 2490. The molecule has 0 atom stereocenters. The van der Waals surface area contributed by atoms with Gasteiger partial charge in [0.25, 0.3) is 26.4 Å². The quantitative estimate of drug-likeness (QED) is 0.0945. The third kappa shape index (κ3) is 7.70. The van der Waals surface area contributed by atoms with Crippen LogP contribution >= 0.6 is 34.9 Å². The van der Waals surface area contributed by atoms with Crippen LogP contribution < -0.4 is 30.0 Å². The number of thiazole rings is 2. The summed E-state index contributed by atoms with van der Waals surface area (Å²) in [6.45, 7) is -2.83. The zero-order valence-electron chi connectivity index (χ0n) is 25.8.